The predicted molar refractivity (Wildman–Crippen MR) is 139 cm³/mol. The molecule has 8 nitrogen and oxygen atoms in total. The van der Waals surface area contributed by atoms with E-state index in [4.69, 9.17) is 14.5 Å². The average Bonchev–Trinajstić information content (AvgIpc) is 3.31. The van der Waals surface area contributed by atoms with Crippen LogP contribution in [0.25, 0.3) is 10.9 Å². The van der Waals surface area contributed by atoms with E-state index in [1.807, 2.05) is 72.8 Å². The molecule has 1 aromatic heterocycles. The third-order valence-electron chi connectivity index (χ3n) is 6.11. The maximum atomic E-state index is 13.7. The number of amides is 2. The molecule has 2 heterocycles. The normalized spacial score (nSPS) is 15.3. The second-order valence-electron chi connectivity index (χ2n) is 8.36. The molecule has 182 valence electrons. The fourth-order valence-electron chi connectivity index (χ4n) is 4.32. The van der Waals surface area contributed by atoms with Crippen molar-refractivity contribution in [2.24, 2.45) is 4.99 Å². The highest BCUT2D eigenvalue weighted by Gasteiger charge is 2.33. The third-order valence-corrected chi connectivity index (χ3v) is 6.11. The highest BCUT2D eigenvalue weighted by molar-refractivity contribution is 6.20. The Labute approximate surface area is 208 Å². The van der Waals surface area contributed by atoms with Crippen molar-refractivity contribution < 1.29 is 19.1 Å². The number of hydrogen-bond acceptors (Lipinski definition) is 5. The SMILES string of the molecule is COCCN1C(=O)[C@@H](NC(=O)c2cc3cc(OC)ccc3[nH]2)N=C(c2ccccc2)c2ccccc21. The minimum absolute atomic E-state index is 0.322. The van der Waals surface area contributed by atoms with Gasteiger partial charge in [-0.25, -0.2) is 4.99 Å². The Morgan fingerprint density at radius 1 is 1.03 bits per heavy atom. The zero-order chi connectivity index (χ0) is 25.1. The maximum Gasteiger partial charge on any atom is 0.272 e. The van der Waals surface area contributed by atoms with Gasteiger partial charge in [-0.15, -0.1) is 0 Å². The Balaban J connectivity index is 1.55. The second kappa shape index (κ2) is 10.1. The average molecular weight is 483 g/mol. The molecule has 4 aromatic rings. The van der Waals surface area contributed by atoms with E-state index >= 15 is 0 Å². The van der Waals surface area contributed by atoms with Crippen molar-refractivity contribution in [2.75, 3.05) is 32.3 Å². The summed E-state index contributed by atoms with van der Waals surface area (Å²) in [5.41, 5.74) is 4.12. The molecule has 5 rings (SSSR count). The standard InChI is InChI=1S/C28H26N4O4/c1-35-15-14-32-24-11-7-6-10-21(24)25(18-8-4-3-5-9-18)30-26(28(32)34)31-27(33)23-17-19-16-20(36-2)12-13-22(19)29-23/h3-13,16-17,26,29H,14-15H2,1-2H3,(H,31,33)/t26-/m1/s1. The Bertz CT molecular complexity index is 1440. The molecule has 3 aromatic carbocycles. The van der Waals surface area contributed by atoms with Gasteiger partial charge < -0.3 is 24.7 Å². The zero-order valence-electron chi connectivity index (χ0n) is 20.0. The van der Waals surface area contributed by atoms with Crippen LogP contribution >= 0.6 is 0 Å². The zero-order valence-corrected chi connectivity index (χ0v) is 20.0. The number of ether oxygens (including phenoxy) is 2. The monoisotopic (exact) mass is 482 g/mol. The van der Waals surface area contributed by atoms with Crippen LogP contribution in [-0.2, 0) is 9.53 Å². The van der Waals surface area contributed by atoms with Gasteiger partial charge in [0.05, 0.1) is 25.1 Å². The van der Waals surface area contributed by atoms with Gasteiger partial charge in [-0.3, -0.25) is 9.59 Å². The molecule has 0 fully saturated rings. The van der Waals surface area contributed by atoms with Crippen LogP contribution in [0.3, 0.4) is 0 Å². The molecule has 2 amide bonds. The van der Waals surface area contributed by atoms with Crippen molar-refractivity contribution in [1.29, 1.82) is 0 Å². The topological polar surface area (TPSA) is 96.0 Å². The van der Waals surface area contributed by atoms with Gasteiger partial charge >= 0.3 is 0 Å². The summed E-state index contributed by atoms with van der Waals surface area (Å²) in [7, 11) is 3.18. The molecule has 1 aliphatic heterocycles. The molecular weight excluding hydrogens is 456 g/mol. The first-order valence-electron chi connectivity index (χ1n) is 11.6. The van der Waals surface area contributed by atoms with Crippen molar-refractivity contribution in [3.63, 3.8) is 0 Å². The first-order chi connectivity index (χ1) is 17.6. The van der Waals surface area contributed by atoms with E-state index in [2.05, 4.69) is 10.3 Å². The number of rotatable bonds is 7. The van der Waals surface area contributed by atoms with Crippen LogP contribution in [0.1, 0.15) is 21.6 Å². The Morgan fingerprint density at radius 3 is 2.58 bits per heavy atom. The molecule has 0 spiro atoms. The number of carbonyl (C=O) groups is 2. The smallest absolute Gasteiger partial charge is 0.272 e. The molecule has 2 N–H and O–H groups in total. The van der Waals surface area contributed by atoms with Crippen LogP contribution in [-0.4, -0.2) is 56.0 Å². The number of hydrogen-bond donors (Lipinski definition) is 2. The molecule has 0 bridgehead atoms. The lowest BCUT2D eigenvalue weighted by molar-refractivity contribution is -0.120. The number of aromatic nitrogens is 1. The summed E-state index contributed by atoms with van der Waals surface area (Å²) in [6.45, 7) is 0.660. The summed E-state index contributed by atoms with van der Waals surface area (Å²) in [5, 5.41) is 3.66. The summed E-state index contributed by atoms with van der Waals surface area (Å²) in [6.07, 6.45) is -1.13. The number of carbonyl (C=O) groups excluding carboxylic acids is 2. The number of benzodiazepines with no additional fused rings is 1. The number of nitrogens with one attached hydrogen (secondary N) is 2. The quantitative estimate of drug-likeness (QED) is 0.419. The van der Waals surface area contributed by atoms with Gasteiger partial charge in [-0.2, -0.15) is 0 Å². The number of methoxy groups -OCH3 is 2. The molecule has 8 heteroatoms. The van der Waals surface area contributed by atoms with E-state index in [1.165, 1.54) is 0 Å². The number of aliphatic imine (C=N–C) groups is 1. The minimum atomic E-state index is -1.13. The van der Waals surface area contributed by atoms with Crippen LogP contribution in [0.4, 0.5) is 5.69 Å². The number of aromatic amines is 1. The molecule has 0 saturated heterocycles. The molecular formula is C28H26N4O4. The third kappa shape index (κ3) is 4.46. The molecule has 1 aliphatic rings. The lowest BCUT2D eigenvalue weighted by Gasteiger charge is -2.25. The lowest BCUT2D eigenvalue weighted by Crippen LogP contribution is -2.48. The lowest BCUT2D eigenvalue weighted by atomic mass is 10.0. The largest absolute Gasteiger partial charge is 0.497 e. The van der Waals surface area contributed by atoms with Crippen LogP contribution in [0, 0.1) is 0 Å². The first kappa shape index (κ1) is 23.3. The summed E-state index contributed by atoms with van der Waals surface area (Å²) in [6, 6.07) is 24.5. The molecule has 0 unspecified atom stereocenters. The Kier molecular flexibility index (Phi) is 6.51. The molecule has 0 aliphatic carbocycles. The fraction of sp³-hybridized carbons (Fsp3) is 0.179. The van der Waals surface area contributed by atoms with Crippen LogP contribution in [0.15, 0.2) is 83.9 Å². The van der Waals surface area contributed by atoms with Crippen LogP contribution < -0.4 is 15.0 Å². The van der Waals surface area contributed by atoms with Gasteiger partial charge in [-0.1, -0.05) is 48.5 Å². The summed E-state index contributed by atoms with van der Waals surface area (Å²) >= 11 is 0. The Hall–Kier alpha value is -4.43. The molecule has 0 saturated carbocycles. The maximum absolute atomic E-state index is 13.7. The number of para-hydroxylation sites is 1. The van der Waals surface area contributed by atoms with Gasteiger partial charge in [0.15, 0.2) is 0 Å². The summed E-state index contributed by atoms with van der Waals surface area (Å²) in [5.74, 6) is -0.0788. The van der Waals surface area contributed by atoms with E-state index in [0.29, 0.717) is 30.3 Å². The second-order valence-corrected chi connectivity index (χ2v) is 8.36. The number of benzene rings is 3. The minimum Gasteiger partial charge on any atom is -0.497 e. The summed E-state index contributed by atoms with van der Waals surface area (Å²) < 4.78 is 10.5. The van der Waals surface area contributed by atoms with Gasteiger partial charge in [0, 0.05) is 35.7 Å². The number of fused-ring (bicyclic) bond motifs is 2. The summed E-state index contributed by atoms with van der Waals surface area (Å²) in [4.78, 5) is 36.6. The van der Waals surface area contributed by atoms with E-state index < -0.39 is 12.1 Å². The number of anilines is 1. The molecule has 0 radical (unpaired) electrons. The van der Waals surface area contributed by atoms with Crippen molar-refractivity contribution >= 4 is 34.1 Å². The van der Waals surface area contributed by atoms with E-state index in [0.717, 1.165) is 27.7 Å². The van der Waals surface area contributed by atoms with E-state index in [-0.39, 0.29) is 5.91 Å². The number of nitrogens with zero attached hydrogens (tertiary/aromatic N) is 2. The van der Waals surface area contributed by atoms with Gasteiger partial charge in [-0.05, 0) is 30.3 Å². The first-order valence-corrected chi connectivity index (χ1v) is 11.6. The fourth-order valence-corrected chi connectivity index (χ4v) is 4.32. The van der Waals surface area contributed by atoms with Crippen LogP contribution in [0.2, 0.25) is 0 Å². The van der Waals surface area contributed by atoms with Crippen molar-refractivity contribution in [1.82, 2.24) is 10.3 Å². The van der Waals surface area contributed by atoms with Crippen molar-refractivity contribution in [3.05, 3.63) is 95.7 Å². The highest BCUT2D eigenvalue weighted by atomic mass is 16.5. The molecule has 1 atom stereocenters. The van der Waals surface area contributed by atoms with Gasteiger partial charge in [0.25, 0.3) is 11.8 Å². The number of H-pyrrole nitrogens is 1. The van der Waals surface area contributed by atoms with E-state index in [1.54, 1.807) is 25.2 Å². The van der Waals surface area contributed by atoms with Crippen molar-refractivity contribution in [3.8, 4) is 5.75 Å². The Morgan fingerprint density at radius 2 is 1.81 bits per heavy atom. The van der Waals surface area contributed by atoms with Gasteiger partial charge in [0.1, 0.15) is 11.4 Å². The van der Waals surface area contributed by atoms with E-state index in [9.17, 15) is 9.59 Å². The molecule has 36 heavy (non-hydrogen) atoms. The highest BCUT2D eigenvalue weighted by Crippen LogP contribution is 2.28. The van der Waals surface area contributed by atoms with Gasteiger partial charge in [0.2, 0.25) is 6.17 Å². The van der Waals surface area contributed by atoms with Crippen LogP contribution in [0.5, 0.6) is 5.75 Å². The predicted octanol–water partition coefficient (Wildman–Crippen LogP) is 3.76. The van der Waals surface area contributed by atoms with Crippen molar-refractivity contribution in [2.45, 2.75) is 6.17 Å².